The lowest BCUT2D eigenvalue weighted by molar-refractivity contribution is 0.0660. The van der Waals surface area contributed by atoms with Crippen LogP contribution in [0.1, 0.15) is 55.0 Å². The van der Waals surface area contributed by atoms with Gasteiger partial charge in [-0.15, -0.1) is 0 Å². The Morgan fingerprint density at radius 1 is 1.39 bits per heavy atom. The van der Waals surface area contributed by atoms with Gasteiger partial charge >= 0.3 is 5.97 Å². The highest BCUT2D eigenvalue weighted by Crippen LogP contribution is 2.44. The molecule has 0 spiro atoms. The minimum atomic E-state index is -1.08. The Bertz CT molecular complexity index is 750. The summed E-state index contributed by atoms with van der Waals surface area (Å²) >= 11 is 0. The van der Waals surface area contributed by atoms with Gasteiger partial charge in [0.2, 0.25) is 5.76 Å². The molecule has 0 unspecified atom stereocenters. The topological polar surface area (TPSA) is 53.7 Å². The van der Waals surface area contributed by atoms with E-state index in [2.05, 4.69) is 25.7 Å². The van der Waals surface area contributed by atoms with E-state index in [0.29, 0.717) is 12.3 Å². The van der Waals surface area contributed by atoms with Crippen molar-refractivity contribution < 1.29 is 18.7 Å². The number of hydrogen-bond acceptors (Lipinski definition) is 3. The summed E-state index contributed by atoms with van der Waals surface area (Å²) in [6, 6.07) is 7.99. The first-order valence-corrected chi connectivity index (χ1v) is 7.67. The number of hydrogen-bond donors (Lipinski definition) is 1. The third kappa shape index (κ3) is 2.83. The van der Waals surface area contributed by atoms with Crippen LogP contribution in [0.4, 0.5) is 10.1 Å². The summed E-state index contributed by atoms with van der Waals surface area (Å²) in [5.74, 6) is -0.535. The molecular weight excluding hydrogens is 297 g/mol. The number of carboxylic acids is 1. The predicted octanol–water partition coefficient (Wildman–Crippen LogP) is 4.41. The molecule has 0 saturated heterocycles. The number of halogens is 1. The highest BCUT2D eigenvalue weighted by molar-refractivity contribution is 5.84. The summed E-state index contributed by atoms with van der Waals surface area (Å²) < 4.78 is 19.0. The fourth-order valence-electron chi connectivity index (χ4n) is 3.49. The molecule has 0 radical (unpaired) electrons. The number of carbonyl (C=O) groups is 1. The van der Waals surface area contributed by atoms with Crippen molar-refractivity contribution in [3.63, 3.8) is 0 Å². The van der Waals surface area contributed by atoms with Gasteiger partial charge in [-0.25, -0.2) is 9.18 Å². The molecule has 0 bridgehead atoms. The fourth-order valence-corrected chi connectivity index (χ4v) is 3.49. The molecule has 1 aliphatic heterocycles. The Labute approximate surface area is 134 Å². The molecule has 1 N–H and O–H groups in total. The Hall–Kier alpha value is -2.30. The molecule has 2 heterocycles. The zero-order valence-electron chi connectivity index (χ0n) is 13.5. The molecule has 0 amide bonds. The maximum absolute atomic E-state index is 13.6. The van der Waals surface area contributed by atoms with Crippen LogP contribution in [0.15, 0.2) is 34.7 Å². The maximum atomic E-state index is 13.6. The number of nitrogens with zero attached hydrogens (tertiary/aromatic N) is 1. The molecule has 1 aromatic heterocycles. The minimum absolute atomic E-state index is 0.0671. The normalized spacial score (nSPS) is 19.5. The highest BCUT2D eigenvalue weighted by atomic mass is 19.1. The van der Waals surface area contributed by atoms with E-state index in [-0.39, 0.29) is 23.0 Å². The van der Waals surface area contributed by atoms with E-state index in [9.17, 15) is 9.18 Å². The smallest absolute Gasteiger partial charge is 0.371 e. The molecule has 0 saturated carbocycles. The Balaban J connectivity index is 1.99. The lowest BCUT2D eigenvalue weighted by atomic mass is 9.80. The van der Waals surface area contributed by atoms with E-state index in [4.69, 9.17) is 9.52 Å². The van der Waals surface area contributed by atoms with Gasteiger partial charge in [-0.3, -0.25) is 0 Å². The zero-order valence-corrected chi connectivity index (χ0v) is 13.5. The van der Waals surface area contributed by atoms with Crippen molar-refractivity contribution >= 4 is 11.7 Å². The van der Waals surface area contributed by atoms with Crippen LogP contribution >= 0.6 is 0 Å². The number of aromatic carboxylic acids is 1. The standard InChI is InChI=1S/C18H20FNO3/c1-11-9-18(2,3)20(15-6-4-12(19)8-14(11)15)10-13-5-7-16(23-13)17(21)22/h4-8,11H,9-10H2,1-3H3,(H,21,22)/t11-/m1/s1. The third-order valence-electron chi connectivity index (χ3n) is 4.53. The van der Waals surface area contributed by atoms with Crippen LogP contribution in [0.5, 0.6) is 0 Å². The van der Waals surface area contributed by atoms with Gasteiger partial charge in [-0.1, -0.05) is 6.92 Å². The first-order chi connectivity index (χ1) is 10.8. The summed E-state index contributed by atoms with van der Waals surface area (Å²) in [6.45, 7) is 6.83. The van der Waals surface area contributed by atoms with Gasteiger partial charge in [-0.05, 0) is 62.1 Å². The molecule has 1 atom stereocenters. The van der Waals surface area contributed by atoms with E-state index >= 15 is 0 Å². The molecule has 0 fully saturated rings. The van der Waals surface area contributed by atoms with Crippen LogP contribution in [0.2, 0.25) is 0 Å². The van der Waals surface area contributed by atoms with Crippen LogP contribution < -0.4 is 4.90 Å². The average Bonchev–Trinajstić information content (AvgIpc) is 2.92. The minimum Gasteiger partial charge on any atom is -0.475 e. The summed E-state index contributed by atoms with van der Waals surface area (Å²) in [4.78, 5) is 13.1. The van der Waals surface area contributed by atoms with E-state index in [0.717, 1.165) is 17.7 Å². The van der Waals surface area contributed by atoms with Crippen LogP contribution in [-0.4, -0.2) is 16.6 Å². The van der Waals surface area contributed by atoms with Crippen molar-refractivity contribution in [1.29, 1.82) is 0 Å². The first-order valence-electron chi connectivity index (χ1n) is 7.67. The maximum Gasteiger partial charge on any atom is 0.371 e. The quantitative estimate of drug-likeness (QED) is 0.911. The summed E-state index contributed by atoms with van der Waals surface area (Å²) in [6.07, 6.45) is 0.885. The number of carboxylic acid groups (broad SMARTS) is 1. The van der Waals surface area contributed by atoms with Gasteiger partial charge in [-0.2, -0.15) is 0 Å². The van der Waals surface area contributed by atoms with Crippen molar-refractivity contribution in [2.75, 3.05) is 4.90 Å². The number of anilines is 1. The van der Waals surface area contributed by atoms with Crippen LogP contribution in [0.25, 0.3) is 0 Å². The highest BCUT2D eigenvalue weighted by Gasteiger charge is 2.37. The van der Waals surface area contributed by atoms with Gasteiger partial charge in [0.25, 0.3) is 0 Å². The third-order valence-corrected chi connectivity index (χ3v) is 4.53. The predicted molar refractivity (Wildman–Crippen MR) is 85.4 cm³/mol. The van der Waals surface area contributed by atoms with E-state index in [1.165, 1.54) is 12.1 Å². The summed E-state index contributed by atoms with van der Waals surface area (Å²) in [5.41, 5.74) is 1.82. The number of benzene rings is 1. The molecule has 4 nitrogen and oxygen atoms in total. The second kappa shape index (κ2) is 5.41. The number of fused-ring (bicyclic) bond motifs is 1. The molecular formula is C18H20FNO3. The van der Waals surface area contributed by atoms with Crippen molar-refractivity contribution in [3.05, 3.63) is 53.2 Å². The number of rotatable bonds is 3. The second-order valence-corrected chi connectivity index (χ2v) is 6.78. The molecule has 1 aliphatic rings. The van der Waals surface area contributed by atoms with Gasteiger partial charge in [0.05, 0.1) is 6.54 Å². The molecule has 5 heteroatoms. The average molecular weight is 317 g/mol. The monoisotopic (exact) mass is 317 g/mol. The van der Waals surface area contributed by atoms with Crippen molar-refractivity contribution in [3.8, 4) is 0 Å². The Kier molecular flexibility index (Phi) is 3.66. The molecule has 23 heavy (non-hydrogen) atoms. The summed E-state index contributed by atoms with van der Waals surface area (Å²) in [7, 11) is 0. The number of furan rings is 1. The molecule has 1 aromatic carbocycles. The van der Waals surface area contributed by atoms with Crippen molar-refractivity contribution in [1.82, 2.24) is 0 Å². The molecule has 3 rings (SSSR count). The van der Waals surface area contributed by atoms with Gasteiger partial charge < -0.3 is 14.4 Å². The van der Waals surface area contributed by atoms with E-state index < -0.39 is 5.97 Å². The molecule has 122 valence electrons. The van der Waals surface area contributed by atoms with Crippen LogP contribution in [0.3, 0.4) is 0 Å². The fraction of sp³-hybridized carbons (Fsp3) is 0.389. The van der Waals surface area contributed by atoms with Gasteiger partial charge in [0.15, 0.2) is 0 Å². The van der Waals surface area contributed by atoms with Crippen molar-refractivity contribution in [2.45, 2.75) is 45.2 Å². The lowest BCUT2D eigenvalue weighted by Gasteiger charge is -2.47. The second-order valence-electron chi connectivity index (χ2n) is 6.78. The van der Waals surface area contributed by atoms with Crippen molar-refractivity contribution in [2.24, 2.45) is 0 Å². The molecule has 0 aliphatic carbocycles. The van der Waals surface area contributed by atoms with Gasteiger partial charge in [0, 0.05) is 11.2 Å². The largest absolute Gasteiger partial charge is 0.475 e. The Morgan fingerprint density at radius 3 is 2.78 bits per heavy atom. The Morgan fingerprint density at radius 2 is 2.13 bits per heavy atom. The van der Waals surface area contributed by atoms with E-state index in [1.54, 1.807) is 18.2 Å². The lowest BCUT2D eigenvalue weighted by Crippen LogP contribution is -2.47. The van der Waals surface area contributed by atoms with Crippen LogP contribution in [0, 0.1) is 5.82 Å². The molecule has 2 aromatic rings. The SMILES string of the molecule is C[C@@H]1CC(C)(C)N(Cc2ccc(C(=O)O)o2)c2ccc(F)cc21. The van der Waals surface area contributed by atoms with E-state index in [1.807, 2.05) is 0 Å². The van der Waals surface area contributed by atoms with Gasteiger partial charge in [0.1, 0.15) is 11.6 Å². The summed E-state index contributed by atoms with van der Waals surface area (Å²) in [5, 5.41) is 8.98. The first kappa shape index (κ1) is 15.6. The zero-order chi connectivity index (χ0) is 16.8. The van der Waals surface area contributed by atoms with Crippen LogP contribution in [-0.2, 0) is 6.54 Å².